The van der Waals surface area contributed by atoms with Crippen LogP contribution in [0, 0.1) is 6.92 Å². The van der Waals surface area contributed by atoms with Crippen molar-refractivity contribution in [2.75, 3.05) is 5.32 Å². The fraction of sp³-hybridized carbons (Fsp3) is 0.0870. The molecule has 138 valence electrons. The van der Waals surface area contributed by atoms with Crippen molar-refractivity contribution in [2.45, 2.75) is 13.3 Å². The molecule has 0 radical (unpaired) electrons. The average molecular weight is 369 g/mol. The molecule has 4 rings (SSSR count). The molecule has 0 saturated carbocycles. The minimum absolute atomic E-state index is 0.0747. The van der Waals surface area contributed by atoms with Gasteiger partial charge in [-0.05, 0) is 42.8 Å². The van der Waals surface area contributed by atoms with Gasteiger partial charge >= 0.3 is 0 Å². The van der Waals surface area contributed by atoms with Gasteiger partial charge < -0.3 is 9.73 Å². The highest BCUT2D eigenvalue weighted by atomic mass is 16.4. The predicted molar refractivity (Wildman–Crippen MR) is 109 cm³/mol. The molecule has 5 nitrogen and oxygen atoms in total. The zero-order valence-corrected chi connectivity index (χ0v) is 15.4. The van der Waals surface area contributed by atoms with Crippen molar-refractivity contribution in [1.29, 1.82) is 0 Å². The molecule has 3 aromatic carbocycles. The first-order valence-corrected chi connectivity index (χ1v) is 9.02. The number of nitrogens with zero attached hydrogens (tertiary/aromatic N) is 2. The van der Waals surface area contributed by atoms with Gasteiger partial charge in [-0.15, -0.1) is 10.2 Å². The lowest BCUT2D eigenvalue weighted by atomic mass is 10.1. The van der Waals surface area contributed by atoms with Crippen molar-refractivity contribution >= 4 is 11.6 Å². The van der Waals surface area contributed by atoms with Gasteiger partial charge in [-0.1, -0.05) is 54.1 Å². The largest absolute Gasteiger partial charge is 0.416 e. The van der Waals surface area contributed by atoms with Crippen LogP contribution in [0.2, 0.25) is 0 Å². The van der Waals surface area contributed by atoms with E-state index < -0.39 is 0 Å². The Morgan fingerprint density at radius 1 is 0.857 bits per heavy atom. The lowest BCUT2D eigenvalue weighted by Gasteiger charge is -2.06. The highest BCUT2D eigenvalue weighted by Crippen LogP contribution is 2.26. The van der Waals surface area contributed by atoms with Crippen LogP contribution in [-0.2, 0) is 11.2 Å². The second-order valence-electron chi connectivity index (χ2n) is 6.57. The molecule has 0 fully saturated rings. The molecule has 28 heavy (non-hydrogen) atoms. The van der Waals surface area contributed by atoms with E-state index in [0.29, 0.717) is 23.9 Å². The molecule has 0 unspecified atom stereocenters. The number of anilines is 1. The first-order chi connectivity index (χ1) is 13.7. The molecule has 0 aliphatic heterocycles. The summed E-state index contributed by atoms with van der Waals surface area (Å²) in [4.78, 5) is 12.3. The van der Waals surface area contributed by atoms with E-state index in [-0.39, 0.29) is 5.91 Å². The summed E-state index contributed by atoms with van der Waals surface area (Å²) in [5.74, 6) is 0.808. The third-order valence-corrected chi connectivity index (χ3v) is 4.29. The number of nitrogens with one attached hydrogen (secondary N) is 1. The van der Waals surface area contributed by atoms with Gasteiger partial charge in [-0.25, -0.2) is 0 Å². The highest BCUT2D eigenvalue weighted by molar-refractivity contribution is 5.92. The Balaban J connectivity index is 1.50. The molecule has 1 N–H and O–H groups in total. The summed E-state index contributed by atoms with van der Waals surface area (Å²) in [7, 11) is 0. The number of amides is 1. The lowest BCUT2D eigenvalue weighted by Crippen LogP contribution is -2.14. The Hall–Kier alpha value is -3.73. The minimum Gasteiger partial charge on any atom is -0.416 e. The SMILES string of the molecule is Cc1cccc(-c2nnc(-c3cccc(NC(=O)Cc4ccccc4)c3)o2)c1. The topological polar surface area (TPSA) is 68.0 Å². The van der Waals surface area contributed by atoms with Crippen LogP contribution < -0.4 is 5.32 Å². The molecule has 0 bridgehead atoms. The number of aryl methyl sites for hydroxylation is 1. The number of aromatic nitrogens is 2. The summed E-state index contributed by atoms with van der Waals surface area (Å²) in [5.41, 5.74) is 4.42. The van der Waals surface area contributed by atoms with Crippen LogP contribution in [0.3, 0.4) is 0 Å². The number of rotatable bonds is 5. The number of hydrogen-bond donors (Lipinski definition) is 1. The lowest BCUT2D eigenvalue weighted by molar-refractivity contribution is -0.115. The van der Waals surface area contributed by atoms with E-state index in [9.17, 15) is 4.79 Å². The first-order valence-electron chi connectivity index (χ1n) is 9.02. The molecule has 0 aliphatic rings. The zero-order valence-electron chi connectivity index (χ0n) is 15.4. The fourth-order valence-electron chi connectivity index (χ4n) is 2.95. The van der Waals surface area contributed by atoms with Crippen molar-refractivity contribution in [1.82, 2.24) is 10.2 Å². The molecule has 1 heterocycles. The van der Waals surface area contributed by atoms with Crippen molar-refractivity contribution in [3.05, 3.63) is 90.0 Å². The van der Waals surface area contributed by atoms with Crippen molar-refractivity contribution in [3.63, 3.8) is 0 Å². The predicted octanol–water partition coefficient (Wildman–Crippen LogP) is 4.89. The normalized spacial score (nSPS) is 10.6. The Kier molecular flexibility index (Phi) is 4.97. The standard InChI is InChI=1S/C23H19N3O2/c1-16-7-5-10-18(13-16)22-25-26-23(28-22)19-11-6-12-20(15-19)24-21(27)14-17-8-3-2-4-9-17/h2-13,15H,14H2,1H3,(H,24,27). The van der Waals surface area contributed by atoms with Crippen LogP contribution in [0.4, 0.5) is 5.69 Å². The fourth-order valence-corrected chi connectivity index (χ4v) is 2.95. The van der Waals surface area contributed by atoms with Crippen LogP contribution in [0.25, 0.3) is 22.9 Å². The zero-order chi connectivity index (χ0) is 19.3. The van der Waals surface area contributed by atoms with Crippen LogP contribution in [-0.4, -0.2) is 16.1 Å². The van der Waals surface area contributed by atoms with E-state index in [2.05, 4.69) is 15.5 Å². The Labute approximate surface area is 163 Å². The third-order valence-electron chi connectivity index (χ3n) is 4.29. The van der Waals surface area contributed by atoms with Crippen molar-refractivity contribution in [2.24, 2.45) is 0 Å². The van der Waals surface area contributed by atoms with Crippen LogP contribution >= 0.6 is 0 Å². The molecule has 5 heteroatoms. The van der Waals surface area contributed by atoms with Gasteiger partial charge in [0, 0.05) is 16.8 Å². The molecule has 1 aromatic heterocycles. The van der Waals surface area contributed by atoms with Crippen molar-refractivity contribution < 1.29 is 9.21 Å². The molecule has 0 saturated heterocycles. The number of carbonyl (C=O) groups is 1. The van der Waals surface area contributed by atoms with Gasteiger partial charge in [0.2, 0.25) is 17.7 Å². The number of hydrogen-bond acceptors (Lipinski definition) is 4. The maximum Gasteiger partial charge on any atom is 0.248 e. The second-order valence-corrected chi connectivity index (χ2v) is 6.57. The van der Waals surface area contributed by atoms with Crippen molar-refractivity contribution in [3.8, 4) is 22.9 Å². The van der Waals surface area contributed by atoms with E-state index in [1.54, 1.807) is 0 Å². The van der Waals surface area contributed by atoms with Gasteiger partial charge in [0.05, 0.1) is 6.42 Å². The second kappa shape index (κ2) is 7.88. The summed E-state index contributed by atoms with van der Waals surface area (Å²) in [6, 6.07) is 24.9. The van der Waals surface area contributed by atoms with Gasteiger partial charge in [-0.2, -0.15) is 0 Å². The first kappa shape index (κ1) is 17.7. The maximum absolute atomic E-state index is 12.3. The Bertz CT molecular complexity index is 1100. The Morgan fingerprint density at radius 3 is 2.25 bits per heavy atom. The maximum atomic E-state index is 12.3. The monoisotopic (exact) mass is 369 g/mol. The molecular formula is C23H19N3O2. The van der Waals surface area contributed by atoms with E-state index >= 15 is 0 Å². The summed E-state index contributed by atoms with van der Waals surface area (Å²) < 4.78 is 5.83. The van der Waals surface area contributed by atoms with E-state index in [1.165, 1.54) is 0 Å². The third kappa shape index (κ3) is 4.15. The quantitative estimate of drug-likeness (QED) is 0.544. The molecule has 0 aliphatic carbocycles. The molecule has 0 atom stereocenters. The molecular weight excluding hydrogens is 350 g/mol. The summed E-state index contributed by atoms with van der Waals surface area (Å²) in [6.07, 6.45) is 0.323. The minimum atomic E-state index is -0.0747. The van der Waals surface area contributed by atoms with E-state index in [1.807, 2.05) is 85.8 Å². The van der Waals surface area contributed by atoms with E-state index in [4.69, 9.17) is 4.42 Å². The van der Waals surface area contributed by atoms with Gasteiger partial charge in [0.15, 0.2) is 0 Å². The van der Waals surface area contributed by atoms with Gasteiger partial charge in [0.1, 0.15) is 0 Å². The summed E-state index contributed by atoms with van der Waals surface area (Å²) in [6.45, 7) is 2.02. The van der Waals surface area contributed by atoms with Crippen LogP contribution in [0.15, 0.2) is 83.3 Å². The average Bonchev–Trinajstić information content (AvgIpc) is 3.19. The van der Waals surface area contributed by atoms with E-state index in [0.717, 1.165) is 22.3 Å². The summed E-state index contributed by atoms with van der Waals surface area (Å²) in [5, 5.41) is 11.2. The molecule has 4 aromatic rings. The van der Waals surface area contributed by atoms with Crippen LogP contribution in [0.5, 0.6) is 0 Å². The smallest absolute Gasteiger partial charge is 0.248 e. The van der Waals surface area contributed by atoms with Gasteiger partial charge in [0.25, 0.3) is 0 Å². The Morgan fingerprint density at radius 2 is 1.54 bits per heavy atom. The van der Waals surface area contributed by atoms with Crippen LogP contribution in [0.1, 0.15) is 11.1 Å². The molecule has 1 amide bonds. The number of carbonyl (C=O) groups excluding carboxylic acids is 1. The summed E-state index contributed by atoms with van der Waals surface area (Å²) >= 11 is 0. The highest BCUT2D eigenvalue weighted by Gasteiger charge is 2.12. The molecule has 0 spiro atoms. The van der Waals surface area contributed by atoms with Gasteiger partial charge in [-0.3, -0.25) is 4.79 Å². The number of benzene rings is 3.